The Morgan fingerprint density at radius 1 is 0.435 bits per heavy atom. The van der Waals surface area contributed by atoms with E-state index >= 15 is 0 Å². The molecule has 9 aromatic carbocycles. The topological polar surface area (TPSA) is 274 Å². The number of aliphatic imine (C=N–C) groups is 1. The van der Waals surface area contributed by atoms with Gasteiger partial charge in [-0.3, -0.25) is 20.2 Å². The first kappa shape index (κ1) is 78.4. The molecule has 0 bridgehead atoms. The molecule has 16 nitrogen and oxygen atoms in total. The largest absolute Gasteiger partial charge is 1.00 e. The molecular weight excluding hydrogens is 1440 g/mol. The number of nitrogens with zero attached hydrogens (tertiary/aromatic N) is 3. The van der Waals surface area contributed by atoms with Gasteiger partial charge < -0.3 is 47.4 Å². The Morgan fingerprint density at radius 2 is 0.761 bits per heavy atom. The quantitative estimate of drug-likeness (QED) is 0.0410. The molecule has 0 radical (unpaired) electrons. The summed E-state index contributed by atoms with van der Waals surface area (Å²) in [6, 6.07) is 36.7. The Labute approximate surface area is 618 Å². The molecule has 0 saturated carbocycles. The first-order chi connectivity index (χ1) is 42.5. The molecule has 9 aromatic rings. The van der Waals surface area contributed by atoms with E-state index in [1.807, 2.05) is 58.9 Å². The van der Waals surface area contributed by atoms with Gasteiger partial charge in [0.25, 0.3) is 11.4 Å². The summed E-state index contributed by atoms with van der Waals surface area (Å²) in [4.78, 5) is 23.4. The summed E-state index contributed by atoms with van der Waals surface area (Å²) >= 11 is 58.4. The van der Waals surface area contributed by atoms with Crippen LogP contribution in [-0.2, 0) is 6.42 Å². The van der Waals surface area contributed by atoms with E-state index in [1.54, 1.807) is 72.8 Å². The van der Waals surface area contributed by atoms with Crippen molar-refractivity contribution in [1.29, 1.82) is 0 Å². The Hall–Kier alpha value is -6.02. The molecule has 92 heavy (non-hydrogen) atoms. The number of halogens is 13. The number of nitrogen functional groups attached to an aromatic ring is 4. The molecule has 1 heterocycles. The summed E-state index contributed by atoms with van der Waals surface area (Å²) in [5, 5.41) is 43.6. The number of hydrogen-bond acceptors (Lipinski definition) is 14. The van der Waals surface area contributed by atoms with Crippen LogP contribution in [0.15, 0.2) is 145 Å². The van der Waals surface area contributed by atoms with Gasteiger partial charge in [0.05, 0.1) is 72.1 Å². The Kier molecular flexibility index (Phi) is 30.2. The predicted molar refractivity (Wildman–Crippen MR) is 361 cm³/mol. The van der Waals surface area contributed by atoms with Gasteiger partial charge in [0.1, 0.15) is 57.3 Å². The van der Waals surface area contributed by atoms with Crippen molar-refractivity contribution < 1.29 is 98.8 Å². The van der Waals surface area contributed by atoms with Crippen molar-refractivity contribution in [1.82, 2.24) is 0 Å². The Morgan fingerprint density at radius 3 is 1.16 bits per heavy atom. The molecule has 478 valence electrons. The molecule has 9 N–H and O–H groups in total. The van der Waals surface area contributed by atoms with Crippen molar-refractivity contribution in [3.05, 3.63) is 243 Å². The third kappa shape index (κ3) is 23.5. The summed E-state index contributed by atoms with van der Waals surface area (Å²) in [5.41, 5.74) is 27.4. The maximum atomic E-state index is 12.8. The maximum Gasteiger partial charge on any atom is 1.00 e. The zero-order chi connectivity index (χ0) is 67.9. The van der Waals surface area contributed by atoms with Gasteiger partial charge >= 0.3 is 57.6 Å². The number of nitro groups is 2. The third-order valence-corrected chi connectivity index (χ3v) is 15.0. The Balaban J connectivity index is 0.000000243. The van der Waals surface area contributed by atoms with Gasteiger partial charge in [-0.15, -0.1) is 0 Å². The van der Waals surface area contributed by atoms with Crippen molar-refractivity contribution in [2.75, 3.05) is 22.9 Å². The average molecular weight is 1490 g/mol. The van der Waals surface area contributed by atoms with Gasteiger partial charge in [-0.2, -0.15) is 13.2 Å². The zero-order valence-corrected chi connectivity index (χ0v) is 59.4. The van der Waals surface area contributed by atoms with E-state index in [1.165, 1.54) is 30.3 Å². The number of rotatable bonds is 8. The summed E-state index contributed by atoms with van der Waals surface area (Å²) in [6.07, 6.45) is -4.75. The number of phenols is 1. The van der Waals surface area contributed by atoms with Crippen LogP contribution in [0, 0.1) is 54.8 Å². The molecular formula is C62H49Cl10F3KN7O9. The molecule has 0 aliphatic carbocycles. The number of alkyl halides is 3. The van der Waals surface area contributed by atoms with Gasteiger partial charge in [0, 0.05) is 35.7 Å². The molecule has 0 atom stereocenters. The summed E-state index contributed by atoms with van der Waals surface area (Å²) in [6.45, 7) is 9.54. The zero-order valence-electron chi connectivity index (χ0n) is 48.8. The van der Waals surface area contributed by atoms with E-state index in [2.05, 4.69) is 4.99 Å². The van der Waals surface area contributed by atoms with Gasteiger partial charge in [0.15, 0.2) is 0 Å². The molecule has 1 aliphatic rings. The molecule has 10 rings (SSSR count). The van der Waals surface area contributed by atoms with Crippen molar-refractivity contribution in [3.8, 4) is 46.0 Å². The van der Waals surface area contributed by atoms with Crippen LogP contribution in [0.1, 0.15) is 33.4 Å². The second-order valence-corrected chi connectivity index (χ2v) is 23.3. The maximum absolute atomic E-state index is 12.8. The van der Waals surface area contributed by atoms with E-state index < -0.39 is 21.7 Å². The molecule has 30 heteroatoms. The van der Waals surface area contributed by atoms with E-state index in [-0.39, 0.29) is 129 Å². The van der Waals surface area contributed by atoms with Crippen LogP contribution in [0.4, 0.5) is 53.0 Å². The molecule has 0 spiro atoms. The minimum absolute atomic E-state index is 0. The molecule has 0 aromatic heterocycles. The van der Waals surface area contributed by atoms with E-state index in [9.17, 15) is 38.5 Å². The second-order valence-electron chi connectivity index (χ2n) is 19.2. The molecule has 0 unspecified atom stereocenters. The average Bonchev–Trinajstić information content (AvgIpc) is 1.60. The number of phenolic OH excluding ortho intramolecular Hbond substituents is 1. The summed E-state index contributed by atoms with van der Waals surface area (Å²) in [5.74, 6) is 2.21. The van der Waals surface area contributed by atoms with E-state index in [0.717, 1.165) is 39.9 Å². The van der Waals surface area contributed by atoms with Crippen LogP contribution >= 0.6 is 116 Å². The SMILES string of the molecule is Cc1ccc(O)c(Cl)c1.Cc1ccc(Oc2cc(N)c(N)cc2Cl)c(Cl)c1.Cc1ccc(Oc2cc(N)c([N+](=O)[O-])cc2Cl)c(Cl)c1.Cc1ccc(Oc2cc3c(cc2Cl)N=C(C(F)(F)F)C3)c(Cl)c1.Cc1ccc([O-])c(Cl)c1.Nc1cc(Cl)c(Cl)cc1[N+](=O)[O-].[K+]. The Bertz CT molecular complexity index is 4170. The third-order valence-electron chi connectivity index (χ3n) is 11.9. The standard InChI is InChI=1S/C16H10Cl2F3NO.C13H10Cl2N2O3.C13H12Cl2N2O.2C7H7ClO.C6H4Cl2N2O2.K/c1-8-2-3-13(10(17)4-8)23-14-5-9-6-15(16(19,20)21)22-12(9)7-11(14)18;1-7-2-3-12(8(14)4-7)20-13-6-10(16)11(17(18)19)5-9(13)15;1-7-2-3-12(8(14)4-7)18-13-6-11(17)10(16)5-9(13)15;2*1-5-2-3-7(9)6(8)4-5;7-3-1-5(9)6(10(11)12)2-4(3)8;/h2-5,7H,6H2,1H3;2-6H,16H2,1H3;2-6H,16-17H2,1H3;2*2-4,9H,1H3;1-2H,9H2;/q;;;;;;+1/p-1. The van der Waals surface area contributed by atoms with Gasteiger partial charge in [-0.05, 0) is 147 Å². The summed E-state index contributed by atoms with van der Waals surface area (Å²) < 4.78 is 55.1. The van der Waals surface area contributed by atoms with Crippen LogP contribution in [0.3, 0.4) is 0 Å². The number of hydrogen-bond donors (Lipinski definition) is 5. The van der Waals surface area contributed by atoms with Gasteiger partial charge in [-0.25, -0.2) is 4.99 Å². The number of nitro benzene ring substituents is 2. The van der Waals surface area contributed by atoms with Crippen molar-refractivity contribution in [3.63, 3.8) is 0 Å². The normalized spacial score (nSPS) is 10.9. The number of benzene rings is 9. The van der Waals surface area contributed by atoms with E-state index in [4.69, 9.17) is 158 Å². The molecule has 0 saturated heterocycles. The van der Waals surface area contributed by atoms with Crippen LogP contribution in [0.5, 0.6) is 46.0 Å². The van der Waals surface area contributed by atoms with Crippen LogP contribution < -0.4 is 93.6 Å². The first-order valence-electron chi connectivity index (χ1n) is 25.7. The predicted octanol–water partition coefficient (Wildman–Crippen LogP) is 18.7. The van der Waals surface area contributed by atoms with Gasteiger partial charge in [-0.1, -0.05) is 158 Å². The minimum atomic E-state index is -4.45. The number of aromatic hydroxyl groups is 1. The monoisotopic (exact) mass is 1480 g/mol. The van der Waals surface area contributed by atoms with E-state index in [0.29, 0.717) is 70.1 Å². The summed E-state index contributed by atoms with van der Waals surface area (Å²) in [7, 11) is 0. The second kappa shape index (κ2) is 35.5. The molecule has 0 amide bonds. The van der Waals surface area contributed by atoms with Crippen LogP contribution in [0.25, 0.3) is 0 Å². The van der Waals surface area contributed by atoms with Crippen LogP contribution in [0.2, 0.25) is 50.2 Å². The fourth-order valence-electron chi connectivity index (χ4n) is 7.24. The minimum Gasteiger partial charge on any atom is -0.871 e. The van der Waals surface area contributed by atoms with Gasteiger partial charge in [0.2, 0.25) is 0 Å². The number of nitrogens with two attached hydrogens (primary N) is 4. The van der Waals surface area contributed by atoms with Crippen molar-refractivity contribution >= 4 is 162 Å². The van der Waals surface area contributed by atoms with Crippen molar-refractivity contribution in [2.45, 2.75) is 47.2 Å². The fourth-order valence-corrected chi connectivity index (χ4v) is 9.47. The molecule has 1 aliphatic heterocycles. The first-order valence-corrected chi connectivity index (χ1v) is 29.4. The number of anilines is 4. The number of ether oxygens (including phenoxy) is 3. The van der Waals surface area contributed by atoms with Crippen molar-refractivity contribution in [2.24, 2.45) is 4.99 Å². The number of aryl methyl sites for hydroxylation is 5. The fraction of sp³-hybridized carbons (Fsp3) is 0.113. The number of fused-ring (bicyclic) bond motifs is 1. The van der Waals surface area contributed by atoms with Crippen LogP contribution in [-0.4, -0.2) is 26.8 Å². The molecule has 0 fully saturated rings. The smallest absolute Gasteiger partial charge is 0.871 e.